The maximum Gasteiger partial charge on any atom is 0.418 e. The van der Waals surface area contributed by atoms with Crippen molar-refractivity contribution in [1.29, 1.82) is 0 Å². The standard InChI is InChI=1S/C15H11Cl2F3N2O/c16-10-3-1-2-9(6-10)8-21-14(23)22-13-5-4-11(17)7-12(13)15(18,19)20/h1-7H,8H2,(H2,21,22,23). The van der Waals surface area contributed by atoms with Crippen molar-refractivity contribution in [2.45, 2.75) is 12.7 Å². The molecule has 0 aliphatic rings. The van der Waals surface area contributed by atoms with E-state index in [-0.39, 0.29) is 17.3 Å². The van der Waals surface area contributed by atoms with E-state index in [9.17, 15) is 18.0 Å². The third-order valence-electron chi connectivity index (χ3n) is 2.88. The average molecular weight is 363 g/mol. The first kappa shape index (κ1) is 17.4. The van der Waals surface area contributed by atoms with Crippen molar-refractivity contribution in [2.75, 3.05) is 5.32 Å². The van der Waals surface area contributed by atoms with Gasteiger partial charge >= 0.3 is 12.2 Å². The van der Waals surface area contributed by atoms with Gasteiger partial charge in [0.05, 0.1) is 11.3 Å². The molecule has 0 spiro atoms. The van der Waals surface area contributed by atoms with Crippen LogP contribution in [0.15, 0.2) is 42.5 Å². The van der Waals surface area contributed by atoms with Gasteiger partial charge in [-0.1, -0.05) is 35.3 Å². The van der Waals surface area contributed by atoms with Gasteiger partial charge in [-0.25, -0.2) is 4.79 Å². The number of amides is 2. The molecule has 0 atom stereocenters. The summed E-state index contributed by atoms with van der Waals surface area (Å²) in [4.78, 5) is 11.8. The molecule has 0 aliphatic carbocycles. The maximum atomic E-state index is 12.9. The third-order valence-corrected chi connectivity index (χ3v) is 3.35. The normalized spacial score (nSPS) is 11.2. The fraction of sp³-hybridized carbons (Fsp3) is 0.133. The minimum atomic E-state index is -4.62. The number of alkyl halides is 3. The van der Waals surface area contributed by atoms with E-state index < -0.39 is 17.8 Å². The van der Waals surface area contributed by atoms with E-state index in [1.807, 2.05) is 0 Å². The van der Waals surface area contributed by atoms with Gasteiger partial charge < -0.3 is 10.6 Å². The van der Waals surface area contributed by atoms with Crippen LogP contribution in [-0.4, -0.2) is 6.03 Å². The zero-order chi connectivity index (χ0) is 17.0. The Labute approximate surface area is 140 Å². The van der Waals surface area contributed by atoms with Crippen LogP contribution in [-0.2, 0) is 12.7 Å². The van der Waals surface area contributed by atoms with E-state index >= 15 is 0 Å². The molecule has 2 amide bonds. The van der Waals surface area contributed by atoms with Gasteiger partial charge in [-0.2, -0.15) is 13.2 Å². The van der Waals surface area contributed by atoms with Gasteiger partial charge in [-0.3, -0.25) is 0 Å². The zero-order valence-corrected chi connectivity index (χ0v) is 13.1. The molecule has 0 saturated carbocycles. The monoisotopic (exact) mass is 362 g/mol. The topological polar surface area (TPSA) is 41.1 Å². The van der Waals surface area contributed by atoms with Gasteiger partial charge in [0.25, 0.3) is 0 Å². The summed E-state index contributed by atoms with van der Waals surface area (Å²) in [5, 5.41) is 5.06. The van der Waals surface area contributed by atoms with Crippen LogP contribution in [0.5, 0.6) is 0 Å². The van der Waals surface area contributed by atoms with Crippen molar-refractivity contribution < 1.29 is 18.0 Å². The highest BCUT2D eigenvalue weighted by atomic mass is 35.5. The first-order valence-corrected chi connectivity index (χ1v) is 7.17. The van der Waals surface area contributed by atoms with E-state index in [0.717, 1.165) is 17.7 Å². The van der Waals surface area contributed by atoms with Crippen molar-refractivity contribution in [3.63, 3.8) is 0 Å². The van der Waals surface area contributed by atoms with Gasteiger partial charge in [0, 0.05) is 16.6 Å². The Morgan fingerprint density at radius 1 is 1.04 bits per heavy atom. The minimum Gasteiger partial charge on any atom is -0.334 e. The molecule has 0 radical (unpaired) electrons. The average Bonchev–Trinajstić information content (AvgIpc) is 2.46. The lowest BCUT2D eigenvalue weighted by atomic mass is 10.1. The maximum absolute atomic E-state index is 12.9. The Morgan fingerprint density at radius 3 is 2.39 bits per heavy atom. The first-order chi connectivity index (χ1) is 10.8. The molecule has 23 heavy (non-hydrogen) atoms. The molecule has 122 valence electrons. The Hall–Kier alpha value is -1.92. The fourth-order valence-corrected chi connectivity index (χ4v) is 2.24. The number of nitrogens with one attached hydrogen (secondary N) is 2. The van der Waals surface area contributed by atoms with Crippen LogP contribution in [0.1, 0.15) is 11.1 Å². The van der Waals surface area contributed by atoms with Gasteiger partial charge in [0.1, 0.15) is 0 Å². The lowest BCUT2D eigenvalue weighted by Gasteiger charge is -2.14. The zero-order valence-electron chi connectivity index (χ0n) is 11.5. The number of carbonyl (C=O) groups is 1. The summed E-state index contributed by atoms with van der Waals surface area (Å²) in [6, 6.07) is 9.12. The van der Waals surface area contributed by atoms with Crippen molar-refractivity contribution in [2.24, 2.45) is 0 Å². The summed E-state index contributed by atoms with van der Waals surface area (Å²) < 4.78 is 38.8. The highest BCUT2D eigenvalue weighted by molar-refractivity contribution is 6.31. The number of hydrogen-bond acceptors (Lipinski definition) is 1. The van der Waals surface area contributed by atoms with Crippen LogP contribution < -0.4 is 10.6 Å². The van der Waals surface area contributed by atoms with Crippen LogP contribution in [0, 0.1) is 0 Å². The first-order valence-electron chi connectivity index (χ1n) is 6.42. The van der Waals surface area contributed by atoms with Crippen molar-refractivity contribution in [3.05, 3.63) is 63.6 Å². The summed E-state index contributed by atoms with van der Waals surface area (Å²) in [5.41, 5.74) is -0.659. The second-order valence-corrected chi connectivity index (χ2v) is 5.50. The van der Waals surface area contributed by atoms with Gasteiger partial charge in [-0.15, -0.1) is 0 Å². The SMILES string of the molecule is O=C(NCc1cccc(Cl)c1)Nc1ccc(Cl)cc1C(F)(F)F. The van der Waals surface area contributed by atoms with Crippen LogP contribution in [0.3, 0.4) is 0 Å². The molecule has 0 saturated heterocycles. The second kappa shape index (κ2) is 7.10. The van der Waals surface area contributed by atoms with Crippen LogP contribution >= 0.6 is 23.2 Å². The molecule has 2 aromatic carbocycles. The van der Waals surface area contributed by atoms with E-state index in [1.165, 1.54) is 6.07 Å². The number of carbonyl (C=O) groups excluding carboxylic acids is 1. The Balaban J connectivity index is 2.06. The predicted molar refractivity (Wildman–Crippen MR) is 83.8 cm³/mol. The van der Waals surface area contributed by atoms with Crippen LogP contribution in [0.4, 0.5) is 23.7 Å². The largest absolute Gasteiger partial charge is 0.418 e. The van der Waals surface area contributed by atoms with E-state index in [2.05, 4.69) is 10.6 Å². The molecule has 2 aromatic rings. The van der Waals surface area contributed by atoms with E-state index in [0.29, 0.717) is 5.02 Å². The molecular formula is C15H11Cl2F3N2O. The van der Waals surface area contributed by atoms with Crippen molar-refractivity contribution in [3.8, 4) is 0 Å². The molecule has 0 unspecified atom stereocenters. The molecule has 2 N–H and O–H groups in total. The summed E-state index contributed by atoms with van der Waals surface area (Å²) in [6.45, 7) is 0.126. The van der Waals surface area contributed by atoms with E-state index in [1.54, 1.807) is 24.3 Å². The highest BCUT2D eigenvalue weighted by Gasteiger charge is 2.34. The number of benzene rings is 2. The molecule has 0 aliphatic heterocycles. The van der Waals surface area contributed by atoms with Gasteiger partial charge in [0.15, 0.2) is 0 Å². The van der Waals surface area contributed by atoms with Crippen LogP contribution in [0.25, 0.3) is 0 Å². The molecular weight excluding hydrogens is 352 g/mol. The predicted octanol–water partition coefficient (Wildman–Crippen LogP) is 5.33. The highest BCUT2D eigenvalue weighted by Crippen LogP contribution is 2.36. The summed E-state index contributed by atoms with van der Waals surface area (Å²) in [6.07, 6.45) is -4.62. The molecule has 0 fully saturated rings. The van der Waals surface area contributed by atoms with Crippen molar-refractivity contribution in [1.82, 2.24) is 5.32 Å². The Bertz CT molecular complexity index is 720. The van der Waals surface area contributed by atoms with Gasteiger partial charge in [0.2, 0.25) is 0 Å². The summed E-state index contributed by atoms with van der Waals surface area (Å²) in [5.74, 6) is 0. The smallest absolute Gasteiger partial charge is 0.334 e. The Morgan fingerprint density at radius 2 is 1.74 bits per heavy atom. The number of halogens is 5. The second-order valence-electron chi connectivity index (χ2n) is 4.63. The number of urea groups is 1. The fourth-order valence-electron chi connectivity index (χ4n) is 1.86. The number of anilines is 1. The van der Waals surface area contributed by atoms with E-state index in [4.69, 9.17) is 23.2 Å². The molecule has 0 heterocycles. The molecule has 2 rings (SSSR count). The van der Waals surface area contributed by atoms with Crippen LogP contribution in [0.2, 0.25) is 10.0 Å². The lowest BCUT2D eigenvalue weighted by molar-refractivity contribution is -0.136. The summed E-state index contributed by atoms with van der Waals surface area (Å²) >= 11 is 11.4. The van der Waals surface area contributed by atoms with Gasteiger partial charge in [-0.05, 0) is 35.9 Å². The molecule has 0 bridgehead atoms. The van der Waals surface area contributed by atoms with Crippen molar-refractivity contribution >= 4 is 34.9 Å². The quantitative estimate of drug-likeness (QED) is 0.760. The number of hydrogen-bond donors (Lipinski definition) is 2. The molecule has 3 nitrogen and oxygen atoms in total. The molecule has 0 aromatic heterocycles. The molecule has 8 heteroatoms. The lowest BCUT2D eigenvalue weighted by Crippen LogP contribution is -2.29. The third kappa shape index (κ3) is 5.04. The minimum absolute atomic E-state index is 0.0674. The summed E-state index contributed by atoms with van der Waals surface area (Å²) in [7, 11) is 0. The Kier molecular flexibility index (Phi) is 5.38. The number of rotatable bonds is 3.